The molecule has 0 fully saturated rings. The molecule has 2 heteroatoms. The Bertz CT molecular complexity index is 141. The van der Waals surface area contributed by atoms with Crippen LogP contribution in [0.15, 0.2) is 12.2 Å². The highest BCUT2D eigenvalue weighted by atomic mass is 19.2. The lowest BCUT2D eigenvalue weighted by Gasteiger charge is -2.00. The van der Waals surface area contributed by atoms with Crippen LogP contribution in [0.5, 0.6) is 0 Å². The molecule has 14 heavy (non-hydrogen) atoms. The van der Waals surface area contributed by atoms with E-state index in [4.69, 9.17) is 0 Å². The molecule has 0 aliphatic carbocycles. The van der Waals surface area contributed by atoms with E-state index in [1.165, 1.54) is 32.1 Å². The largest absolute Gasteiger partial charge is 0.213 e. The molecular weight excluding hydrogens is 182 g/mol. The van der Waals surface area contributed by atoms with Crippen LogP contribution in [-0.4, -0.2) is 0 Å². The van der Waals surface area contributed by atoms with Gasteiger partial charge in [0.1, 0.15) is 12.2 Å². The number of halogens is 2. The molecule has 0 aliphatic heterocycles. The summed E-state index contributed by atoms with van der Waals surface area (Å²) in [5.74, 6) is -0.615. The third-order valence-electron chi connectivity index (χ3n) is 2.39. The Morgan fingerprint density at radius 1 is 0.929 bits per heavy atom. The van der Waals surface area contributed by atoms with Gasteiger partial charge < -0.3 is 0 Å². The van der Waals surface area contributed by atoms with E-state index in [0.29, 0.717) is 0 Å². The topological polar surface area (TPSA) is 0 Å². The zero-order chi connectivity index (χ0) is 10.6. The van der Waals surface area contributed by atoms with Crippen molar-refractivity contribution in [1.29, 1.82) is 0 Å². The van der Waals surface area contributed by atoms with Crippen LogP contribution >= 0.6 is 0 Å². The summed E-state index contributed by atoms with van der Waals surface area (Å²) >= 11 is 0. The summed E-state index contributed by atoms with van der Waals surface area (Å²) in [5.41, 5.74) is 0. The molecule has 0 aliphatic rings. The van der Waals surface area contributed by atoms with E-state index in [1.807, 2.05) is 0 Å². The minimum atomic E-state index is -0.615. The zero-order valence-corrected chi connectivity index (χ0v) is 9.20. The van der Waals surface area contributed by atoms with Gasteiger partial charge in [0.25, 0.3) is 0 Å². The third kappa shape index (κ3) is 9.69. The van der Waals surface area contributed by atoms with Gasteiger partial charge in [-0.15, -0.1) is 0 Å². The summed E-state index contributed by atoms with van der Waals surface area (Å²) in [5, 5.41) is 0. The molecule has 0 nitrogen and oxygen atoms in total. The fourth-order valence-electron chi connectivity index (χ4n) is 1.48. The second-order valence-electron chi connectivity index (χ2n) is 3.78. The van der Waals surface area contributed by atoms with Crippen LogP contribution in [0.2, 0.25) is 0 Å². The first-order chi connectivity index (χ1) is 6.81. The van der Waals surface area contributed by atoms with Crippen molar-refractivity contribution in [3.8, 4) is 0 Å². The Labute approximate surface area is 86.4 Å². The maximum atomic E-state index is 12.3. The van der Waals surface area contributed by atoms with E-state index < -0.39 is 5.83 Å². The predicted molar refractivity (Wildman–Crippen MR) is 57.5 cm³/mol. The lowest BCUT2D eigenvalue weighted by Crippen LogP contribution is -1.81. The molecule has 84 valence electrons. The van der Waals surface area contributed by atoms with Crippen LogP contribution in [0.25, 0.3) is 0 Å². The maximum Gasteiger partial charge on any atom is 0.128 e. The number of rotatable bonds is 9. The average molecular weight is 204 g/mol. The Kier molecular flexibility index (Phi) is 10.4. The SMILES string of the molecule is CCCCCCCCCC/C(F)=C\F. The Morgan fingerprint density at radius 3 is 1.93 bits per heavy atom. The lowest BCUT2D eigenvalue weighted by atomic mass is 10.1. The van der Waals surface area contributed by atoms with Crippen molar-refractivity contribution in [2.24, 2.45) is 0 Å². The molecule has 0 aromatic carbocycles. The van der Waals surface area contributed by atoms with Crippen molar-refractivity contribution in [2.45, 2.75) is 64.7 Å². The zero-order valence-electron chi connectivity index (χ0n) is 9.20. The summed E-state index contributed by atoms with van der Waals surface area (Å²) in [7, 11) is 0. The quantitative estimate of drug-likeness (QED) is 0.447. The van der Waals surface area contributed by atoms with Gasteiger partial charge >= 0.3 is 0 Å². The van der Waals surface area contributed by atoms with Crippen LogP contribution in [0, 0.1) is 0 Å². The molecule has 0 rings (SSSR count). The summed E-state index contributed by atoms with van der Waals surface area (Å²) in [4.78, 5) is 0. The molecule has 0 N–H and O–H groups in total. The first kappa shape index (κ1) is 13.6. The van der Waals surface area contributed by atoms with Crippen LogP contribution < -0.4 is 0 Å². The van der Waals surface area contributed by atoms with E-state index in [2.05, 4.69) is 6.92 Å². The van der Waals surface area contributed by atoms with Crippen molar-refractivity contribution in [3.63, 3.8) is 0 Å². The van der Waals surface area contributed by atoms with Gasteiger partial charge in [0.15, 0.2) is 0 Å². The van der Waals surface area contributed by atoms with Gasteiger partial charge in [-0.05, 0) is 6.42 Å². The average Bonchev–Trinajstić information content (AvgIpc) is 2.21. The molecule has 0 radical (unpaired) electrons. The fourth-order valence-corrected chi connectivity index (χ4v) is 1.48. The molecule has 0 bridgehead atoms. The molecule has 0 amide bonds. The Balaban J connectivity index is 2.99. The van der Waals surface area contributed by atoms with Crippen molar-refractivity contribution >= 4 is 0 Å². The van der Waals surface area contributed by atoms with Crippen LogP contribution in [-0.2, 0) is 0 Å². The molecule has 0 heterocycles. The first-order valence-electron chi connectivity index (χ1n) is 5.76. The van der Waals surface area contributed by atoms with E-state index in [0.717, 1.165) is 19.3 Å². The van der Waals surface area contributed by atoms with Gasteiger partial charge in [0, 0.05) is 6.42 Å². The smallest absolute Gasteiger partial charge is 0.128 e. The minimum Gasteiger partial charge on any atom is -0.213 e. The number of hydrogen-bond donors (Lipinski definition) is 0. The molecule has 0 atom stereocenters. The van der Waals surface area contributed by atoms with Gasteiger partial charge in [-0.1, -0.05) is 51.9 Å². The minimum absolute atomic E-state index is 0.0707. The molecule has 0 saturated carbocycles. The molecule has 0 aromatic heterocycles. The normalized spacial score (nSPS) is 12.1. The summed E-state index contributed by atoms with van der Waals surface area (Å²) in [6.07, 6.45) is 9.72. The van der Waals surface area contributed by atoms with E-state index in [-0.39, 0.29) is 12.8 Å². The van der Waals surface area contributed by atoms with Crippen molar-refractivity contribution in [3.05, 3.63) is 12.2 Å². The molecule has 0 aromatic rings. The molecule has 0 unspecified atom stereocenters. The second kappa shape index (κ2) is 10.7. The van der Waals surface area contributed by atoms with E-state index in [9.17, 15) is 8.78 Å². The van der Waals surface area contributed by atoms with Gasteiger partial charge in [-0.3, -0.25) is 0 Å². The number of allylic oxidation sites excluding steroid dienone is 1. The molecule has 0 spiro atoms. The predicted octanol–water partition coefficient (Wildman–Crippen LogP) is 5.30. The standard InChI is InChI=1S/C12H22F2/c1-2-3-4-5-6-7-8-9-10-12(14)11-13/h11H,2-10H2,1H3/b12-11+. The third-order valence-corrected chi connectivity index (χ3v) is 2.39. The van der Waals surface area contributed by atoms with Crippen LogP contribution in [0.4, 0.5) is 8.78 Å². The van der Waals surface area contributed by atoms with Gasteiger partial charge in [-0.25, -0.2) is 8.78 Å². The van der Waals surface area contributed by atoms with Crippen molar-refractivity contribution in [2.75, 3.05) is 0 Å². The van der Waals surface area contributed by atoms with Crippen LogP contribution in [0.1, 0.15) is 64.7 Å². The van der Waals surface area contributed by atoms with Crippen molar-refractivity contribution in [1.82, 2.24) is 0 Å². The second-order valence-corrected chi connectivity index (χ2v) is 3.78. The summed E-state index contributed by atoms with van der Waals surface area (Å²) in [6, 6.07) is 0. The maximum absolute atomic E-state index is 12.3. The van der Waals surface area contributed by atoms with Crippen molar-refractivity contribution < 1.29 is 8.78 Å². The number of unbranched alkanes of at least 4 members (excludes halogenated alkanes) is 7. The summed E-state index contributed by atoms with van der Waals surface area (Å²) < 4.78 is 23.9. The molecule has 0 saturated heterocycles. The fraction of sp³-hybridized carbons (Fsp3) is 0.833. The molecular formula is C12H22F2. The number of hydrogen-bond acceptors (Lipinski definition) is 0. The van der Waals surface area contributed by atoms with E-state index >= 15 is 0 Å². The highest BCUT2D eigenvalue weighted by Gasteiger charge is 1.95. The lowest BCUT2D eigenvalue weighted by molar-refractivity contribution is 0.513. The van der Waals surface area contributed by atoms with Gasteiger partial charge in [0.2, 0.25) is 0 Å². The highest BCUT2D eigenvalue weighted by molar-refractivity contribution is 4.83. The summed E-state index contributed by atoms with van der Waals surface area (Å²) in [6.45, 7) is 2.20. The Morgan fingerprint density at radius 2 is 1.43 bits per heavy atom. The van der Waals surface area contributed by atoms with Gasteiger partial charge in [0.05, 0.1) is 0 Å². The first-order valence-corrected chi connectivity index (χ1v) is 5.76. The van der Waals surface area contributed by atoms with E-state index in [1.54, 1.807) is 0 Å². The monoisotopic (exact) mass is 204 g/mol. The van der Waals surface area contributed by atoms with Crippen LogP contribution in [0.3, 0.4) is 0 Å². The van der Waals surface area contributed by atoms with Gasteiger partial charge in [-0.2, -0.15) is 0 Å². The Hall–Kier alpha value is -0.400. The highest BCUT2D eigenvalue weighted by Crippen LogP contribution is 2.13.